The van der Waals surface area contributed by atoms with Crippen LogP contribution in [0.2, 0.25) is 0 Å². The van der Waals surface area contributed by atoms with Gasteiger partial charge in [0, 0.05) is 9.35 Å². The fourth-order valence-corrected chi connectivity index (χ4v) is 4.37. The van der Waals surface area contributed by atoms with Crippen molar-refractivity contribution >= 4 is 43.2 Å². The standard InChI is InChI=1S/C15H17Br2NS/c1-3-4-10-5-7-11(8-6-10)14(18-2)13-9-12(16)15(17)19-13/h5-9,14,18H,3-4H2,1-2H3. The van der Waals surface area contributed by atoms with Crippen molar-refractivity contribution in [2.75, 3.05) is 7.05 Å². The number of rotatable bonds is 5. The van der Waals surface area contributed by atoms with E-state index < -0.39 is 0 Å². The second-order valence-corrected chi connectivity index (χ2v) is 7.74. The summed E-state index contributed by atoms with van der Waals surface area (Å²) >= 11 is 8.88. The third-order valence-electron chi connectivity index (χ3n) is 3.09. The second-order valence-electron chi connectivity index (χ2n) is 4.48. The van der Waals surface area contributed by atoms with Gasteiger partial charge in [-0.15, -0.1) is 11.3 Å². The Morgan fingerprint density at radius 1 is 1.21 bits per heavy atom. The molecule has 1 atom stereocenters. The van der Waals surface area contributed by atoms with Crippen LogP contribution in [-0.4, -0.2) is 7.05 Å². The lowest BCUT2D eigenvalue weighted by molar-refractivity contribution is 0.703. The smallest absolute Gasteiger partial charge is 0.0843 e. The molecule has 1 heterocycles. The van der Waals surface area contributed by atoms with E-state index in [0.717, 1.165) is 14.7 Å². The van der Waals surface area contributed by atoms with Crippen molar-refractivity contribution in [1.82, 2.24) is 5.32 Å². The highest BCUT2D eigenvalue weighted by Crippen LogP contribution is 2.37. The lowest BCUT2D eigenvalue weighted by Gasteiger charge is -2.15. The molecule has 19 heavy (non-hydrogen) atoms. The van der Waals surface area contributed by atoms with Gasteiger partial charge in [-0.2, -0.15) is 0 Å². The number of benzene rings is 1. The van der Waals surface area contributed by atoms with E-state index in [2.05, 4.69) is 74.4 Å². The van der Waals surface area contributed by atoms with Crippen LogP contribution in [0.3, 0.4) is 0 Å². The molecule has 0 saturated heterocycles. The van der Waals surface area contributed by atoms with Crippen molar-refractivity contribution < 1.29 is 0 Å². The molecule has 4 heteroatoms. The van der Waals surface area contributed by atoms with Crippen LogP contribution in [0.1, 0.15) is 35.4 Å². The van der Waals surface area contributed by atoms with Gasteiger partial charge in [-0.25, -0.2) is 0 Å². The zero-order chi connectivity index (χ0) is 13.8. The van der Waals surface area contributed by atoms with Gasteiger partial charge in [-0.05, 0) is 62.5 Å². The van der Waals surface area contributed by atoms with Crippen LogP contribution in [0.25, 0.3) is 0 Å². The average molecular weight is 403 g/mol. The third kappa shape index (κ3) is 3.69. The van der Waals surface area contributed by atoms with Crippen molar-refractivity contribution in [2.45, 2.75) is 25.8 Å². The first kappa shape index (κ1) is 15.2. The summed E-state index contributed by atoms with van der Waals surface area (Å²) < 4.78 is 2.26. The monoisotopic (exact) mass is 401 g/mol. The van der Waals surface area contributed by atoms with Gasteiger partial charge < -0.3 is 5.32 Å². The predicted molar refractivity (Wildman–Crippen MR) is 91.1 cm³/mol. The summed E-state index contributed by atoms with van der Waals surface area (Å²) in [7, 11) is 2.01. The van der Waals surface area contributed by atoms with E-state index in [1.54, 1.807) is 11.3 Å². The van der Waals surface area contributed by atoms with Crippen molar-refractivity contribution in [3.8, 4) is 0 Å². The zero-order valence-electron chi connectivity index (χ0n) is 11.0. The van der Waals surface area contributed by atoms with E-state index >= 15 is 0 Å². The van der Waals surface area contributed by atoms with Crippen molar-refractivity contribution in [2.24, 2.45) is 0 Å². The molecule has 0 saturated carbocycles. The van der Waals surface area contributed by atoms with Crippen LogP contribution in [-0.2, 0) is 6.42 Å². The Morgan fingerprint density at radius 3 is 2.37 bits per heavy atom. The average Bonchev–Trinajstić information content (AvgIpc) is 2.73. The van der Waals surface area contributed by atoms with Gasteiger partial charge in [0.05, 0.1) is 9.83 Å². The fourth-order valence-electron chi connectivity index (χ4n) is 2.14. The van der Waals surface area contributed by atoms with E-state index in [4.69, 9.17) is 0 Å². The minimum atomic E-state index is 0.253. The lowest BCUT2D eigenvalue weighted by Crippen LogP contribution is -2.16. The molecule has 2 aromatic rings. The molecule has 0 aliphatic carbocycles. The van der Waals surface area contributed by atoms with Crippen LogP contribution in [0.4, 0.5) is 0 Å². The maximum absolute atomic E-state index is 3.56. The van der Waals surface area contributed by atoms with E-state index in [0.29, 0.717) is 0 Å². The molecule has 2 rings (SSSR count). The Labute approximate surface area is 135 Å². The highest BCUT2D eigenvalue weighted by Gasteiger charge is 2.16. The van der Waals surface area contributed by atoms with Gasteiger partial charge in [-0.1, -0.05) is 37.6 Å². The molecule has 1 nitrogen and oxygen atoms in total. The van der Waals surface area contributed by atoms with E-state index in [1.807, 2.05) is 7.05 Å². The first-order chi connectivity index (χ1) is 9.15. The number of halogens is 2. The number of nitrogens with one attached hydrogen (secondary N) is 1. The second kappa shape index (κ2) is 7.02. The van der Waals surface area contributed by atoms with Crippen LogP contribution in [0.15, 0.2) is 38.6 Å². The summed E-state index contributed by atoms with van der Waals surface area (Å²) in [5.74, 6) is 0. The molecule has 1 aromatic carbocycles. The summed E-state index contributed by atoms with van der Waals surface area (Å²) in [6, 6.07) is 11.4. The summed E-state index contributed by atoms with van der Waals surface area (Å²) in [6.45, 7) is 2.21. The number of hydrogen-bond donors (Lipinski definition) is 1. The van der Waals surface area contributed by atoms with Crippen LogP contribution >= 0.6 is 43.2 Å². The normalized spacial score (nSPS) is 12.6. The SMILES string of the molecule is CCCc1ccc(C(NC)c2cc(Br)c(Br)s2)cc1. The fraction of sp³-hybridized carbons (Fsp3) is 0.333. The maximum Gasteiger partial charge on any atom is 0.0843 e. The van der Waals surface area contributed by atoms with Crippen LogP contribution < -0.4 is 5.32 Å². The molecule has 0 spiro atoms. The van der Waals surface area contributed by atoms with E-state index in [-0.39, 0.29) is 6.04 Å². The number of aryl methyl sites for hydroxylation is 1. The molecule has 102 valence electrons. The summed E-state index contributed by atoms with van der Waals surface area (Å²) in [6.07, 6.45) is 2.35. The molecular weight excluding hydrogens is 386 g/mol. The zero-order valence-corrected chi connectivity index (χ0v) is 15.0. The minimum absolute atomic E-state index is 0.253. The largest absolute Gasteiger partial charge is 0.309 e. The maximum atomic E-state index is 3.56. The third-order valence-corrected chi connectivity index (χ3v) is 6.41. The Morgan fingerprint density at radius 2 is 1.89 bits per heavy atom. The van der Waals surface area contributed by atoms with E-state index in [1.165, 1.54) is 22.4 Å². The Kier molecular flexibility index (Phi) is 5.63. The van der Waals surface area contributed by atoms with Gasteiger partial charge in [0.15, 0.2) is 0 Å². The highest BCUT2D eigenvalue weighted by atomic mass is 79.9. The molecule has 1 unspecified atom stereocenters. The molecule has 0 radical (unpaired) electrons. The van der Waals surface area contributed by atoms with Gasteiger partial charge in [0.25, 0.3) is 0 Å². The first-order valence-corrected chi connectivity index (χ1v) is 8.76. The predicted octanol–water partition coefficient (Wildman–Crippen LogP) is 5.53. The molecule has 0 aliphatic heterocycles. The molecule has 0 aliphatic rings. The highest BCUT2D eigenvalue weighted by molar-refractivity contribution is 9.13. The molecule has 1 aromatic heterocycles. The Hall–Kier alpha value is -0.160. The summed E-state index contributed by atoms with van der Waals surface area (Å²) in [4.78, 5) is 1.31. The number of thiophene rings is 1. The molecule has 0 bridgehead atoms. The van der Waals surface area contributed by atoms with Crippen LogP contribution in [0.5, 0.6) is 0 Å². The summed E-state index contributed by atoms with van der Waals surface area (Å²) in [5, 5.41) is 3.40. The quantitative estimate of drug-likeness (QED) is 0.692. The molecule has 1 N–H and O–H groups in total. The Bertz CT molecular complexity index is 514. The first-order valence-electron chi connectivity index (χ1n) is 6.36. The van der Waals surface area contributed by atoms with Gasteiger partial charge in [0.1, 0.15) is 0 Å². The van der Waals surface area contributed by atoms with Gasteiger partial charge >= 0.3 is 0 Å². The van der Waals surface area contributed by atoms with Crippen molar-refractivity contribution in [3.05, 3.63) is 54.6 Å². The Balaban J connectivity index is 2.26. The van der Waals surface area contributed by atoms with Crippen molar-refractivity contribution in [3.63, 3.8) is 0 Å². The summed E-state index contributed by atoms with van der Waals surface area (Å²) in [5.41, 5.74) is 2.72. The van der Waals surface area contributed by atoms with Crippen molar-refractivity contribution in [1.29, 1.82) is 0 Å². The minimum Gasteiger partial charge on any atom is -0.309 e. The topological polar surface area (TPSA) is 12.0 Å². The van der Waals surface area contributed by atoms with E-state index in [9.17, 15) is 0 Å². The molecular formula is C15H17Br2NS. The lowest BCUT2D eigenvalue weighted by atomic mass is 10.0. The molecule has 0 fully saturated rings. The van der Waals surface area contributed by atoms with Crippen LogP contribution in [0, 0.1) is 0 Å². The number of hydrogen-bond acceptors (Lipinski definition) is 2. The van der Waals surface area contributed by atoms with Gasteiger partial charge in [0.2, 0.25) is 0 Å². The van der Waals surface area contributed by atoms with Gasteiger partial charge in [-0.3, -0.25) is 0 Å². The molecule has 0 amide bonds.